The highest BCUT2D eigenvalue weighted by atomic mass is 16.1. The molecule has 0 aromatic rings. The van der Waals surface area contributed by atoms with E-state index < -0.39 is 0 Å². The van der Waals surface area contributed by atoms with Crippen molar-refractivity contribution in [3.8, 4) is 0 Å². The maximum atomic E-state index is 11.4. The summed E-state index contributed by atoms with van der Waals surface area (Å²) < 4.78 is 0. The summed E-state index contributed by atoms with van der Waals surface area (Å²) in [6, 6.07) is 0. The van der Waals surface area contributed by atoms with Crippen LogP contribution in [0.4, 0.5) is 0 Å². The molecule has 62 valence electrons. The molecule has 0 spiro atoms. The van der Waals surface area contributed by atoms with Crippen LogP contribution >= 0.6 is 0 Å². The number of carbonyl (C=O) groups is 1. The summed E-state index contributed by atoms with van der Waals surface area (Å²) in [4.78, 5) is 15.5. The first-order valence-corrected chi connectivity index (χ1v) is 4.00. The molecule has 2 aliphatic heterocycles. The largest absolute Gasteiger partial charge is 0.332 e. The Hall–Kier alpha value is -1.38. The third-order valence-corrected chi connectivity index (χ3v) is 2.22. The van der Waals surface area contributed by atoms with Crippen LogP contribution in [0.3, 0.4) is 0 Å². The zero-order chi connectivity index (χ0) is 8.55. The zero-order valence-electron chi connectivity index (χ0n) is 6.82. The fourth-order valence-electron chi connectivity index (χ4n) is 1.54. The first kappa shape index (κ1) is 7.28. The van der Waals surface area contributed by atoms with E-state index in [4.69, 9.17) is 0 Å². The highest BCUT2D eigenvalue weighted by Crippen LogP contribution is 2.22. The number of carbonyl (C=O) groups excluding carboxylic acids is 1. The van der Waals surface area contributed by atoms with Gasteiger partial charge in [0.2, 0.25) is 5.91 Å². The van der Waals surface area contributed by atoms with E-state index in [1.54, 1.807) is 12.4 Å². The Morgan fingerprint density at radius 3 is 3.17 bits per heavy atom. The van der Waals surface area contributed by atoms with Crippen molar-refractivity contribution in [3.63, 3.8) is 0 Å². The highest BCUT2D eigenvalue weighted by molar-refractivity contribution is 6.13. The number of hydrogen-bond acceptors (Lipinski definition) is 2. The maximum absolute atomic E-state index is 11.4. The van der Waals surface area contributed by atoms with Gasteiger partial charge in [0, 0.05) is 12.4 Å². The Balaban J connectivity index is 2.40. The molecule has 12 heavy (non-hydrogen) atoms. The molecule has 2 aliphatic rings. The molecule has 1 amide bonds. The van der Waals surface area contributed by atoms with Crippen molar-refractivity contribution in [1.82, 2.24) is 5.32 Å². The van der Waals surface area contributed by atoms with Gasteiger partial charge in [-0.1, -0.05) is 13.0 Å². The molecule has 0 aliphatic carbocycles. The van der Waals surface area contributed by atoms with Crippen molar-refractivity contribution in [2.75, 3.05) is 0 Å². The van der Waals surface area contributed by atoms with Crippen molar-refractivity contribution >= 4 is 11.6 Å². The van der Waals surface area contributed by atoms with Gasteiger partial charge in [-0.05, 0) is 12.0 Å². The maximum Gasteiger partial charge on any atom is 0.233 e. The molecule has 0 fully saturated rings. The van der Waals surface area contributed by atoms with E-state index in [1.807, 2.05) is 19.1 Å². The van der Waals surface area contributed by atoms with Gasteiger partial charge in [0.15, 0.2) is 0 Å². The smallest absolute Gasteiger partial charge is 0.233 e. The number of nitrogens with zero attached hydrogens (tertiary/aromatic N) is 1. The molecule has 2 atom stereocenters. The standard InChI is InChI=1S/C9H10N2O/c1-6-2-4-10-7-3-5-11-9(12)8(6)7/h2-6,8H,1H3,(H,11,12). The highest BCUT2D eigenvalue weighted by Gasteiger charge is 2.30. The van der Waals surface area contributed by atoms with E-state index in [9.17, 15) is 4.79 Å². The fraction of sp³-hybridized carbons (Fsp3) is 0.333. The van der Waals surface area contributed by atoms with Crippen LogP contribution in [-0.2, 0) is 4.79 Å². The van der Waals surface area contributed by atoms with E-state index in [2.05, 4.69) is 10.3 Å². The van der Waals surface area contributed by atoms with Gasteiger partial charge in [-0.2, -0.15) is 0 Å². The molecular formula is C9H10N2O. The molecule has 0 bridgehead atoms. The Kier molecular flexibility index (Phi) is 1.57. The molecule has 0 saturated heterocycles. The van der Waals surface area contributed by atoms with Gasteiger partial charge in [0.05, 0.1) is 11.6 Å². The third-order valence-electron chi connectivity index (χ3n) is 2.22. The van der Waals surface area contributed by atoms with Crippen molar-refractivity contribution < 1.29 is 4.79 Å². The number of fused-ring (bicyclic) bond motifs is 1. The van der Waals surface area contributed by atoms with Crippen LogP contribution in [0.5, 0.6) is 0 Å². The van der Waals surface area contributed by atoms with Crippen LogP contribution in [0, 0.1) is 11.8 Å². The topological polar surface area (TPSA) is 41.5 Å². The third kappa shape index (κ3) is 0.978. The van der Waals surface area contributed by atoms with Crippen LogP contribution in [0.15, 0.2) is 29.5 Å². The molecule has 0 aromatic carbocycles. The normalized spacial score (nSPS) is 32.4. The molecule has 2 heterocycles. The van der Waals surface area contributed by atoms with Gasteiger partial charge in [-0.3, -0.25) is 9.79 Å². The van der Waals surface area contributed by atoms with Crippen LogP contribution < -0.4 is 5.32 Å². The summed E-state index contributed by atoms with van der Waals surface area (Å²) in [6.45, 7) is 2.02. The Bertz CT molecular complexity index is 302. The molecule has 3 nitrogen and oxygen atoms in total. The van der Waals surface area contributed by atoms with Crippen LogP contribution in [0.1, 0.15) is 6.92 Å². The van der Waals surface area contributed by atoms with E-state index in [1.165, 1.54) is 0 Å². The van der Waals surface area contributed by atoms with Gasteiger partial charge in [-0.25, -0.2) is 0 Å². The van der Waals surface area contributed by atoms with E-state index in [0.717, 1.165) is 5.71 Å². The van der Waals surface area contributed by atoms with Gasteiger partial charge < -0.3 is 5.32 Å². The van der Waals surface area contributed by atoms with Gasteiger partial charge in [-0.15, -0.1) is 0 Å². The van der Waals surface area contributed by atoms with E-state index in [-0.39, 0.29) is 17.7 Å². The monoisotopic (exact) mass is 162 g/mol. The summed E-state index contributed by atoms with van der Waals surface area (Å²) in [5.74, 6) is 0.218. The predicted octanol–water partition coefficient (Wildman–Crippen LogP) is 0.851. The summed E-state index contributed by atoms with van der Waals surface area (Å²) in [6.07, 6.45) is 7.21. The van der Waals surface area contributed by atoms with E-state index in [0.29, 0.717) is 0 Å². The second-order valence-corrected chi connectivity index (χ2v) is 3.07. The second-order valence-electron chi connectivity index (χ2n) is 3.07. The minimum absolute atomic E-state index is 0.0492. The van der Waals surface area contributed by atoms with Gasteiger partial charge in [0.1, 0.15) is 0 Å². The number of allylic oxidation sites excluding steroid dienone is 2. The molecule has 0 aromatic heterocycles. The molecule has 0 saturated carbocycles. The minimum atomic E-state index is -0.0833. The van der Waals surface area contributed by atoms with Crippen molar-refractivity contribution in [2.45, 2.75) is 6.92 Å². The SMILES string of the molecule is CC1C=CN=C2C=CNC(=O)C21. The number of aliphatic imine (C=N–C) groups is 1. The van der Waals surface area contributed by atoms with Crippen molar-refractivity contribution in [2.24, 2.45) is 16.8 Å². The molecule has 3 heteroatoms. The Morgan fingerprint density at radius 2 is 2.42 bits per heavy atom. The predicted molar refractivity (Wildman–Crippen MR) is 46.5 cm³/mol. The first-order chi connectivity index (χ1) is 5.79. The molecule has 2 rings (SSSR count). The lowest BCUT2D eigenvalue weighted by molar-refractivity contribution is -0.123. The summed E-state index contributed by atoms with van der Waals surface area (Å²) in [5.41, 5.74) is 0.869. The van der Waals surface area contributed by atoms with E-state index >= 15 is 0 Å². The van der Waals surface area contributed by atoms with Crippen LogP contribution in [0.2, 0.25) is 0 Å². The van der Waals surface area contributed by atoms with Crippen LogP contribution in [-0.4, -0.2) is 11.6 Å². The molecule has 0 radical (unpaired) electrons. The summed E-state index contributed by atoms with van der Waals surface area (Å²) in [7, 11) is 0. The summed E-state index contributed by atoms with van der Waals surface area (Å²) >= 11 is 0. The Labute approximate surface area is 70.9 Å². The lowest BCUT2D eigenvalue weighted by Crippen LogP contribution is -2.39. The number of amides is 1. The lowest BCUT2D eigenvalue weighted by Gasteiger charge is -2.25. The minimum Gasteiger partial charge on any atom is -0.332 e. The number of hydrogen-bond donors (Lipinski definition) is 1. The molecular weight excluding hydrogens is 152 g/mol. The van der Waals surface area contributed by atoms with Gasteiger partial charge in [0.25, 0.3) is 0 Å². The first-order valence-electron chi connectivity index (χ1n) is 4.00. The lowest BCUT2D eigenvalue weighted by atomic mass is 9.85. The molecule has 2 unspecified atom stereocenters. The second kappa shape index (κ2) is 2.59. The average Bonchev–Trinajstić information content (AvgIpc) is 2.04. The van der Waals surface area contributed by atoms with Crippen molar-refractivity contribution in [1.29, 1.82) is 0 Å². The quantitative estimate of drug-likeness (QED) is 0.563. The number of rotatable bonds is 0. The molecule has 1 N–H and O–H groups in total. The van der Waals surface area contributed by atoms with Crippen LogP contribution in [0.25, 0.3) is 0 Å². The van der Waals surface area contributed by atoms with Gasteiger partial charge >= 0.3 is 0 Å². The summed E-state index contributed by atoms with van der Waals surface area (Å²) in [5, 5.41) is 2.68. The van der Waals surface area contributed by atoms with Crippen molar-refractivity contribution in [3.05, 3.63) is 24.6 Å². The zero-order valence-corrected chi connectivity index (χ0v) is 6.82. The average molecular weight is 162 g/mol. The Morgan fingerprint density at radius 1 is 1.58 bits per heavy atom. The number of nitrogens with one attached hydrogen (secondary N) is 1. The fourth-order valence-corrected chi connectivity index (χ4v) is 1.54.